The number of hydrogen-bond donors (Lipinski definition) is 1. The summed E-state index contributed by atoms with van der Waals surface area (Å²) in [7, 11) is 0. The second kappa shape index (κ2) is 6.66. The molecule has 1 N–H and O–H groups in total. The van der Waals surface area contributed by atoms with Gasteiger partial charge in [0.25, 0.3) is 0 Å². The van der Waals surface area contributed by atoms with Crippen molar-refractivity contribution in [3.8, 4) is 11.1 Å². The molecule has 0 aliphatic heterocycles. The van der Waals surface area contributed by atoms with Gasteiger partial charge < -0.3 is 5.32 Å². The van der Waals surface area contributed by atoms with E-state index in [4.69, 9.17) is 0 Å². The van der Waals surface area contributed by atoms with Gasteiger partial charge in [0.15, 0.2) is 0 Å². The number of hydrogen-bond acceptors (Lipinski definition) is 2. The molecule has 0 bridgehead atoms. The molecule has 4 heteroatoms. The van der Waals surface area contributed by atoms with Crippen LogP contribution in [-0.2, 0) is 13.1 Å². The van der Waals surface area contributed by atoms with Crippen LogP contribution in [0, 0.1) is 12.7 Å². The average molecular weight is 275 g/mol. The Morgan fingerprint density at radius 3 is 2.70 bits per heavy atom. The molecule has 20 heavy (non-hydrogen) atoms. The highest BCUT2D eigenvalue weighted by molar-refractivity contribution is 5.65. The molecule has 1 aromatic carbocycles. The molecule has 0 atom stereocenters. The summed E-state index contributed by atoms with van der Waals surface area (Å²) >= 11 is 0. The first kappa shape index (κ1) is 14.7. The molecular formula is C16H22FN3. The van der Waals surface area contributed by atoms with Crippen LogP contribution in [0.5, 0.6) is 0 Å². The summed E-state index contributed by atoms with van der Waals surface area (Å²) in [6, 6.07) is 5.43. The van der Waals surface area contributed by atoms with E-state index in [2.05, 4.69) is 17.3 Å². The average Bonchev–Trinajstić information content (AvgIpc) is 2.82. The Balaban J connectivity index is 2.21. The smallest absolute Gasteiger partial charge is 0.128 e. The molecule has 1 heterocycles. The number of rotatable bonds is 6. The minimum Gasteiger partial charge on any atom is -0.313 e. The molecule has 2 rings (SSSR count). The number of nitrogens with one attached hydrogen (secondary N) is 1. The van der Waals surface area contributed by atoms with Crippen molar-refractivity contribution in [3.63, 3.8) is 0 Å². The molecule has 0 spiro atoms. The van der Waals surface area contributed by atoms with Gasteiger partial charge in [0.05, 0.1) is 5.69 Å². The summed E-state index contributed by atoms with van der Waals surface area (Å²) < 4.78 is 16.0. The summed E-state index contributed by atoms with van der Waals surface area (Å²) in [4.78, 5) is 0. The van der Waals surface area contributed by atoms with Crippen LogP contribution in [0.1, 0.15) is 31.5 Å². The lowest BCUT2D eigenvalue weighted by Gasteiger charge is -2.07. The zero-order valence-corrected chi connectivity index (χ0v) is 12.4. The first-order valence-corrected chi connectivity index (χ1v) is 7.19. The number of aryl methyl sites for hydroxylation is 2. The van der Waals surface area contributed by atoms with Crippen LogP contribution in [0.3, 0.4) is 0 Å². The Bertz CT molecular complexity index is 575. The molecule has 0 aliphatic rings. The number of halogens is 1. The fourth-order valence-electron chi connectivity index (χ4n) is 2.22. The van der Waals surface area contributed by atoms with E-state index < -0.39 is 0 Å². The number of aromatic nitrogens is 2. The fraction of sp³-hybridized carbons (Fsp3) is 0.438. The van der Waals surface area contributed by atoms with E-state index >= 15 is 0 Å². The van der Waals surface area contributed by atoms with Crippen LogP contribution in [0.15, 0.2) is 24.4 Å². The zero-order valence-electron chi connectivity index (χ0n) is 12.4. The second-order valence-electron chi connectivity index (χ2n) is 4.97. The van der Waals surface area contributed by atoms with Crippen molar-refractivity contribution in [1.82, 2.24) is 15.1 Å². The Kier molecular flexibility index (Phi) is 4.90. The minimum absolute atomic E-state index is 0.158. The van der Waals surface area contributed by atoms with E-state index in [1.165, 1.54) is 0 Å². The Hall–Kier alpha value is -1.68. The fourth-order valence-corrected chi connectivity index (χ4v) is 2.22. The molecule has 0 unspecified atom stereocenters. The van der Waals surface area contributed by atoms with Crippen molar-refractivity contribution < 1.29 is 4.39 Å². The van der Waals surface area contributed by atoms with Crippen LogP contribution in [0.2, 0.25) is 0 Å². The van der Waals surface area contributed by atoms with Crippen molar-refractivity contribution in [2.24, 2.45) is 0 Å². The van der Waals surface area contributed by atoms with Crippen LogP contribution < -0.4 is 5.32 Å². The van der Waals surface area contributed by atoms with Crippen LogP contribution in [0.25, 0.3) is 11.1 Å². The van der Waals surface area contributed by atoms with Gasteiger partial charge in [-0.1, -0.05) is 19.1 Å². The molecule has 108 valence electrons. The molecule has 0 saturated heterocycles. The lowest BCUT2D eigenvalue weighted by atomic mass is 10.0. The largest absolute Gasteiger partial charge is 0.313 e. The van der Waals surface area contributed by atoms with Crippen molar-refractivity contribution in [2.75, 3.05) is 6.54 Å². The molecule has 2 aromatic rings. The van der Waals surface area contributed by atoms with E-state index in [0.717, 1.165) is 36.3 Å². The number of benzene rings is 1. The highest BCUT2D eigenvalue weighted by Gasteiger charge is 2.09. The molecule has 0 radical (unpaired) electrons. The standard InChI is InChI=1S/C16H22FN3/c1-4-8-18-10-14-7-6-13(9-16(14)17)15-11-20(5-2)19-12(15)3/h6-7,9,11,18H,4-5,8,10H2,1-3H3. The zero-order chi connectivity index (χ0) is 14.5. The van der Waals surface area contributed by atoms with Crippen LogP contribution >= 0.6 is 0 Å². The maximum Gasteiger partial charge on any atom is 0.128 e. The van der Waals surface area contributed by atoms with Crippen molar-refractivity contribution >= 4 is 0 Å². The lowest BCUT2D eigenvalue weighted by molar-refractivity contribution is 0.587. The molecule has 0 fully saturated rings. The highest BCUT2D eigenvalue weighted by atomic mass is 19.1. The third-order valence-corrected chi connectivity index (χ3v) is 3.38. The van der Waals surface area contributed by atoms with Crippen LogP contribution in [-0.4, -0.2) is 16.3 Å². The van der Waals surface area contributed by atoms with Crippen LogP contribution in [0.4, 0.5) is 4.39 Å². The Labute approximate surface area is 119 Å². The normalized spacial score (nSPS) is 11.0. The van der Waals surface area contributed by atoms with E-state index in [0.29, 0.717) is 12.1 Å². The molecule has 0 aliphatic carbocycles. The predicted molar refractivity (Wildman–Crippen MR) is 80.0 cm³/mol. The van der Waals surface area contributed by atoms with Gasteiger partial charge in [0.2, 0.25) is 0 Å². The topological polar surface area (TPSA) is 29.9 Å². The quantitative estimate of drug-likeness (QED) is 0.817. The molecule has 1 aromatic heterocycles. The summed E-state index contributed by atoms with van der Waals surface area (Å²) in [5.41, 5.74) is 3.53. The maximum atomic E-state index is 14.1. The van der Waals surface area contributed by atoms with Crippen molar-refractivity contribution in [2.45, 2.75) is 40.3 Å². The third-order valence-electron chi connectivity index (χ3n) is 3.38. The Morgan fingerprint density at radius 1 is 1.30 bits per heavy atom. The molecule has 0 saturated carbocycles. The van der Waals surface area contributed by atoms with Crippen molar-refractivity contribution in [1.29, 1.82) is 0 Å². The summed E-state index contributed by atoms with van der Waals surface area (Å²) in [5, 5.41) is 7.62. The summed E-state index contributed by atoms with van der Waals surface area (Å²) in [6.07, 6.45) is 3.02. The Morgan fingerprint density at radius 2 is 2.10 bits per heavy atom. The SMILES string of the molecule is CCCNCc1ccc(-c2cn(CC)nc2C)cc1F. The highest BCUT2D eigenvalue weighted by Crippen LogP contribution is 2.24. The lowest BCUT2D eigenvalue weighted by Crippen LogP contribution is -2.14. The monoisotopic (exact) mass is 275 g/mol. The summed E-state index contributed by atoms with van der Waals surface area (Å²) in [6.45, 7) is 8.40. The maximum absolute atomic E-state index is 14.1. The van der Waals surface area contributed by atoms with E-state index in [1.54, 1.807) is 6.07 Å². The van der Waals surface area contributed by atoms with Gasteiger partial charge in [-0.05, 0) is 38.4 Å². The van der Waals surface area contributed by atoms with Gasteiger partial charge >= 0.3 is 0 Å². The number of nitrogens with zero attached hydrogens (tertiary/aromatic N) is 2. The minimum atomic E-state index is -0.158. The van der Waals surface area contributed by atoms with Crippen molar-refractivity contribution in [3.05, 3.63) is 41.5 Å². The predicted octanol–water partition coefficient (Wildman–Crippen LogP) is 3.52. The third kappa shape index (κ3) is 3.25. The molecule has 0 amide bonds. The van der Waals surface area contributed by atoms with Gasteiger partial charge in [-0.25, -0.2) is 4.39 Å². The first-order chi connectivity index (χ1) is 9.65. The summed E-state index contributed by atoms with van der Waals surface area (Å²) in [5.74, 6) is -0.158. The van der Waals surface area contributed by atoms with Gasteiger partial charge in [-0.3, -0.25) is 4.68 Å². The second-order valence-corrected chi connectivity index (χ2v) is 4.97. The molecule has 3 nitrogen and oxygen atoms in total. The molecular weight excluding hydrogens is 253 g/mol. The van der Waals surface area contributed by atoms with Gasteiger partial charge in [0.1, 0.15) is 5.82 Å². The first-order valence-electron chi connectivity index (χ1n) is 7.19. The van der Waals surface area contributed by atoms with Gasteiger partial charge in [0, 0.05) is 30.4 Å². The van der Waals surface area contributed by atoms with Gasteiger partial charge in [-0.15, -0.1) is 0 Å². The van der Waals surface area contributed by atoms with Gasteiger partial charge in [-0.2, -0.15) is 5.10 Å². The van der Waals surface area contributed by atoms with E-state index in [-0.39, 0.29) is 5.82 Å². The van der Waals surface area contributed by atoms with E-state index in [9.17, 15) is 4.39 Å². The van der Waals surface area contributed by atoms with E-state index in [1.807, 2.05) is 36.9 Å².